The predicted octanol–water partition coefficient (Wildman–Crippen LogP) is 1.00. The van der Waals surface area contributed by atoms with Crippen molar-refractivity contribution in [2.24, 2.45) is 11.8 Å². The van der Waals surface area contributed by atoms with Crippen LogP contribution >= 0.6 is 0 Å². The van der Waals surface area contributed by atoms with Gasteiger partial charge in [0.2, 0.25) is 11.8 Å². The fourth-order valence-corrected chi connectivity index (χ4v) is 4.25. The molecule has 0 bridgehead atoms. The summed E-state index contributed by atoms with van der Waals surface area (Å²) in [6, 6.07) is 6.50. The zero-order valence-corrected chi connectivity index (χ0v) is 15.3. The van der Waals surface area contributed by atoms with Crippen LogP contribution in [0.1, 0.15) is 46.4 Å². The van der Waals surface area contributed by atoms with Gasteiger partial charge < -0.3 is 4.74 Å². The van der Waals surface area contributed by atoms with Crippen molar-refractivity contribution in [3.63, 3.8) is 0 Å². The molecule has 2 heterocycles. The summed E-state index contributed by atoms with van der Waals surface area (Å²) in [6.07, 6.45) is 3.19. The van der Waals surface area contributed by atoms with Gasteiger partial charge in [-0.25, -0.2) is 0 Å². The molecule has 146 valence electrons. The molecule has 2 fully saturated rings. The van der Waals surface area contributed by atoms with Crippen LogP contribution in [0.5, 0.6) is 0 Å². The highest BCUT2D eigenvalue weighted by Crippen LogP contribution is 2.37. The summed E-state index contributed by atoms with van der Waals surface area (Å²) < 4.78 is 5.08. The summed E-state index contributed by atoms with van der Waals surface area (Å²) in [7, 11) is 0. The molecule has 0 radical (unpaired) electrons. The molecular formula is C20H20N2O6. The molecule has 1 saturated heterocycles. The number of rotatable bonds is 5. The first kappa shape index (κ1) is 18.3. The number of esters is 1. The standard InChI is InChI=1S/C20H20N2O6/c23-16(11-22-19(26)14-7-3-4-8-15(14)20(22)27)28-10-9-21-17(24)12-5-1-2-6-13(12)18(21)25/h1-2,5-6,14-15H,3-4,7-11H2/t14-,15-/m0/s1. The Balaban J connectivity index is 1.30. The van der Waals surface area contributed by atoms with Crippen LogP contribution in [0.3, 0.4) is 0 Å². The van der Waals surface area contributed by atoms with Crippen molar-refractivity contribution in [1.29, 1.82) is 0 Å². The zero-order chi connectivity index (χ0) is 19.8. The first-order valence-electron chi connectivity index (χ1n) is 9.45. The molecule has 28 heavy (non-hydrogen) atoms. The van der Waals surface area contributed by atoms with E-state index in [1.165, 1.54) is 0 Å². The highest BCUT2D eigenvalue weighted by Gasteiger charge is 2.48. The van der Waals surface area contributed by atoms with Crippen molar-refractivity contribution >= 4 is 29.6 Å². The fraction of sp³-hybridized carbons (Fsp3) is 0.450. The lowest BCUT2D eigenvalue weighted by atomic mass is 9.81. The normalized spacial score (nSPS) is 23.9. The molecule has 4 rings (SSSR count). The number of benzene rings is 1. The quantitative estimate of drug-likeness (QED) is 0.555. The average Bonchev–Trinajstić information content (AvgIpc) is 3.09. The van der Waals surface area contributed by atoms with E-state index in [9.17, 15) is 24.0 Å². The third-order valence-electron chi connectivity index (χ3n) is 5.68. The largest absolute Gasteiger partial charge is 0.462 e. The molecule has 1 aromatic carbocycles. The molecule has 3 aliphatic rings. The van der Waals surface area contributed by atoms with Crippen molar-refractivity contribution in [3.05, 3.63) is 35.4 Å². The number of ether oxygens (including phenoxy) is 1. The van der Waals surface area contributed by atoms with Crippen LogP contribution in [0.4, 0.5) is 0 Å². The second kappa shape index (κ2) is 7.18. The third kappa shape index (κ3) is 2.98. The number of fused-ring (bicyclic) bond motifs is 2. The van der Waals surface area contributed by atoms with Gasteiger partial charge in [-0.05, 0) is 25.0 Å². The van der Waals surface area contributed by atoms with E-state index in [4.69, 9.17) is 4.74 Å². The Morgan fingerprint density at radius 1 is 0.893 bits per heavy atom. The van der Waals surface area contributed by atoms with E-state index in [0.717, 1.165) is 22.6 Å². The first-order valence-corrected chi connectivity index (χ1v) is 9.45. The smallest absolute Gasteiger partial charge is 0.326 e. The van der Waals surface area contributed by atoms with Gasteiger partial charge in [0.1, 0.15) is 13.2 Å². The van der Waals surface area contributed by atoms with Crippen molar-refractivity contribution in [2.45, 2.75) is 25.7 Å². The number of nitrogens with zero attached hydrogens (tertiary/aromatic N) is 2. The third-order valence-corrected chi connectivity index (χ3v) is 5.68. The predicted molar refractivity (Wildman–Crippen MR) is 94.9 cm³/mol. The van der Waals surface area contributed by atoms with Gasteiger partial charge in [-0.2, -0.15) is 0 Å². The maximum absolute atomic E-state index is 12.4. The van der Waals surface area contributed by atoms with E-state index < -0.39 is 24.3 Å². The van der Waals surface area contributed by atoms with E-state index in [1.807, 2.05) is 0 Å². The van der Waals surface area contributed by atoms with Crippen LogP contribution in [0.25, 0.3) is 0 Å². The van der Waals surface area contributed by atoms with Crippen LogP contribution in [-0.2, 0) is 19.1 Å². The molecule has 2 atom stereocenters. The van der Waals surface area contributed by atoms with Gasteiger partial charge in [-0.15, -0.1) is 0 Å². The molecule has 8 heteroatoms. The van der Waals surface area contributed by atoms with Gasteiger partial charge in [-0.1, -0.05) is 25.0 Å². The first-order chi connectivity index (χ1) is 13.5. The minimum Gasteiger partial charge on any atom is -0.462 e. The van der Waals surface area contributed by atoms with Gasteiger partial charge in [0, 0.05) is 0 Å². The fourth-order valence-electron chi connectivity index (χ4n) is 4.25. The van der Waals surface area contributed by atoms with Gasteiger partial charge >= 0.3 is 5.97 Å². The molecule has 0 N–H and O–H groups in total. The summed E-state index contributed by atoms with van der Waals surface area (Å²) >= 11 is 0. The van der Waals surface area contributed by atoms with Crippen molar-refractivity contribution in [1.82, 2.24) is 9.80 Å². The van der Waals surface area contributed by atoms with Crippen LogP contribution in [0, 0.1) is 11.8 Å². The van der Waals surface area contributed by atoms with Crippen molar-refractivity contribution < 1.29 is 28.7 Å². The molecule has 0 aromatic heterocycles. The maximum Gasteiger partial charge on any atom is 0.326 e. The number of carbonyl (C=O) groups excluding carboxylic acids is 5. The SMILES string of the molecule is O=C(CN1C(=O)[C@H]2CCCC[C@@H]2C1=O)OCCN1C(=O)c2ccccc2C1=O. The van der Waals surface area contributed by atoms with E-state index >= 15 is 0 Å². The highest BCUT2D eigenvalue weighted by molar-refractivity contribution is 6.21. The number of hydrogen-bond donors (Lipinski definition) is 0. The van der Waals surface area contributed by atoms with E-state index in [-0.39, 0.29) is 36.8 Å². The summed E-state index contributed by atoms with van der Waals surface area (Å²) in [6.45, 7) is -0.689. The number of carbonyl (C=O) groups is 5. The lowest BCUT2D eigenvalue weighted by Gasteiger charge is -2.19. The molecule has 8 nitrogen and oxygen atoms in total. The number of amides is 4. The summed E-state index contributed by atoms with van der Waals surface area (Å²) in [5.74, 6) is -2.80. The molecule has 4 amide bonds. The Labute approximate surface area is 161 Å². The second-order valence-electron chi connectivity index (χ2n) is 7.29. The monoisotopic (exact) mass is 384 g/mol. The average molecular weight is 384 g/mol. The Hall–Kier alpha value is -3.03. The molecule has 1 saturated carbocycles. The van der Waals surface area contributed by atoms with E-state index in [1.54, 1.807) is 24.3 Å². The molecule has 1 aliphatic carbocycles. The molecule has 1 aromatic rings. The van der Waals surface area contributed by atoms with Crippen LogP contribution in [0.2, 0.25) is 0 Å². The van der Waals surface area contributed by atoms with E-state index in [2.05, 4.69) is 0 Å². The minimum atomic E-state index is -0.725. The maximum atomic E-state index is 12.4. The topological polar surface area (TPSA) is 101 Å². The summed E-state index contributed by atoms with van der Waals surface area (Å²) in [5, 5.41) is 0. The Bertz CT molecular complexity index is 820. The van der Waals surface area contributed by atoms with Gasteiger partial charge in [0.15, 0.2) is 0 Å². The zero-order valence-electron chi connectivity index (χ0n) is 15.3. The number of likely N-dealkylation sites (tertiary alicyclic amines) is 1. The van der Waals surface area contributed by atoms with Crippen molar-refractivity contribution in [3.8, 4) is 0 Å². The summed E-state index contributed by atoms with van der Waals surface area (Å²) in [4.78, 5) is 63.4. The van der Waals surface area contributed by atoms with Gasteiger partial charge in [-0.3, -0.25) is 33.8 Å². The van der Waals surface area contributed by atoms with Gasteiger partial charge in [0.25, 0.3) is 11.8 Å². The van der Waals surface area contributed by atoms with E-state index in [0.29, 0.717) is 24.0 Å². The van der Waals surface area contributed by atoms with Gasteiger partial charge in [0.05, 0.1) is 29.5 Å². The minimum absolute atomic E-state index is 0.0781. The molecule has 0 spiro atoms. The molecular weight excluding hydrogens is 364 g/mol. The van der Waals surface area contributed by atoms with Crippen molar-refractivity contribution in [2.75, 3.05) is 19.7 Å². The van der Waals surface area contributed by atoms with Crippen LogP contribution in [-0.4, -0.2) is 59.1 Å². The second-order valence-corrected chi connectivity index (χ2v) is 7.29. The lowest BCUT2D eigenvalue weighted by molar-refractivity contribution is -0.153. The number of imide groups is 2. The Kier molecular flexibility index (Phi) is 4.70. The Morgan fingerprint density at radius 3 is 1.96 bits per heavy atom. The van der Waals surface area contributed by atoms with Crippen LogP contribution in [0.15, 0.2) is 24.3 Å². The number of hydrogen-bond acceptors (Lipinski definition) is 6. The molecule has 0 unspecified atom stereocenters. The Morgan fingerprint density at radius 2 is 1.43 bits per heavy atom. The molecule has 2 aliphatic heterocycles. The summed E-state index contributed by atoms with van der Waals surface area (Å²) in [5.41, 5.74) is 0.657. The van der Waals surface area contributed by atoms with Crippen LogP contribution < -0.4 is 0 Å². The lowest BCUT2D eigenvalue weighted by Crippen LogP contribution is -2.38. The highest BCUT2D eigenvalue weighted by atomic mass is 16.5.